The van der Waals surface area contributed by atoms with Crippen molar-refractivity contribution in [3.05, 3.63) is 81.9 Å². The van der Waals surface area contributed by atoms with Crippen molar-refractivity contribution in [3.63, 3.8) is 0 Å². The summed E-state index contributed by atoms with van der Waals surface area (Å²) in [5.41, 5.74) is 3.72. The highest BCUT2D eigenvalue weighted by molar-refractivity contribution is 6.36. The fraction of sp³-hybridized carbons (Fsp3) is 0.105. The first-order chi connectivity index (χ1) is 10.1. The van der Waals surface area contributed by atoms with Gasteiger partial charge in [0.2, 0.25) is 0 Å². The number of fused-ring (bicyclic) bond motifs is 1. The van der Waals surface area contributed by atoms with Crippen LogP contribution >= 0.6 is 11.6 Å². The molecule has 0 heterocycles. The maximum atomic E-state index is 12.8. The van der Waals surface area contributed by atoms with Gasteiger partial charge in [-0.2, -0.15) is 0 Å². The minimum atomic E-state index is 0.0333. The summed E-state index contributed by atoms with van der Waals surface area (Å²) < 4.78 is 0. The van der Waals surface area contributed by atoms with Crippen molar-refractivity contribution in [1.82, 2.24) is 0 Å². The lowest BCUT2D eigenvalue weighted by Gasteiger charge is -2.09. The van der Waals surface area contributed by atoms with Crippen LogP contribution in [0.2, 0.25) is 5.02 Å². The molecule has 0 aromatic heterocycles. The van der Waals surface area contributed by atoms with E-state index in [1.165, 1.54) is 5.56 Å². The largest absolute Gasteiger partial charge is 0.289 e. The average Bonchev–Trinajstić information content (AvgIpc) is 2.50. The summed E-state index contributed by atoms with van der Waals surface area (Å²) in [5.74, 6) is 0.0333. The zero-order valence-electron chi connectivity index (χ0n) is 12.0. The molecule has 3 aromatic carbocycles. The van der Waals surface area contributed by atoms with Crippen molar-refractivity contribution in [2.24, 2.45) is 0 Å². The fourth-order valence-electron chi connectivity index (χ4n) is 2.50. The van der Waals surface area contributed by atoms with Gasteiger partial charge in [-0.3, -0.25) is 4.79 Å². The molecule has 0 aliphatic carbocycles. The van der Waals surface area contributed by atoms with Crippen molar-refractivity contribution >= 4 is 28.2 Å². The van der Waals surface area contributed by atoms with E-state index in [0.717, 1.165) is 16.3 Å². The number of aryl methyl sites for hydroxylation is 2. The number of carbonyl (C=O) groups is 1. The lowest BCUT2D eigenvalue weighted by atomic mass is 9.95. The van der Waals surface area contributed by atoms with E-state index < -0.39 is 0 Å². The van der Waals surface area contributed by atoms with Crippen molar-refractivity contribution in [2.75, 3.05) is 0 Å². The Morgan fingerprint density at radius 1 is 0.857 bits per heavy atom. The third-order valence-corrected chi connectivity index (χ3v) is 4.21. The number of ketones is 1. The summed E-state index contributed by atoms with van der Waals surface area (Å²) in [6.07, 6.45) is 0. The van der Waals surface area contributed by atoms with Crippen LogP contribution in [0.4, 0.5) is 0 Å². The Labute approximate surface area is 129 Å². The smallest absolute Gasteiger partial charge is 0.193 e. The molecule has 0 N–H and O–H groups in total. The first-order valence-electron chi connectivity index (χ1n) is 6.87. The molecule has 0 atom stereocenters. The summed E-state index contributed by atoms with van der Waals surface area (Å²) >= 11 is 6.21. The predicted molar refractivity (Wildman–Crippen MR) is 88.3 cm³/mol. The normalized spacial score (nSPS) is 10.8. The van der Waals surface area contributed by atoms with Crippen LogP contribution in [0.5, 0.6) is 0 Å². The number of hydrogen-bond donors (Lipinski definition) is 0. The first kappa shape index (κ1) is 13.8. The minimum absolute atomic E-state index is 0.0333. The van der Waals surface area contributed by atoms with Crippen molar-refractivity contribution < 1.29 is 4.79 Å². The van der Waals surface area contributed by atoms with Crippen molar-refractivity contribution in [1.29, 1.82) is 0 Å². The quantitative estimate of drug-likeness (QED) is 0.583. The second-order valence-corrected chi connectivity index (χ2v) is 5.68. The first-order valence-corrected chi connectivity index (χ1v) is 7.25. The van der Waals surface area contributed by atoms with Gasteiger partial charge in [0.1, 0.15) is 0 Å². The maximum Gasteiger partial charge on any atom is 0.193 e. The second-order valence-electron chi connectivity index (χ2n) is 5.27. The molecule has 0 saturated carbocycles. The van der Waals surface area contributed by atoms with Crippen LogP contribution in [0, 0.1) is 13.8 Å². The monoisotopic (exact) mass is 294 g/mol. The Bertz CT molecular complexity index is 849. The zero-order chi connectivity index (χ0) is 15.0. The molecule has 21 heavy (non-hydrogen) atoms. The third-order valence-electron chi connectivity index (χ3n) is 3.88. The molecule has 0 aliphatic rings. The van der Waals surface area contributed by atoms with Gasteiger partial charge in [-0.1, -0.05) is 48.0 Å². The van der Waals surface area contributed by atoms with E-state index in [2.05, 4.69) is 0 Å². The summed E-state index contributed by atoms with van der Waals surface area (Å²) in [6.45, 7) is 4.06. The summed E-state index contributed by atoms with van der Waals surface area (Å²) in [4.78, 5) is 12.8. The second kappa shape index (κ2) is 5.34. The van der Waals surface area contributed by atoms with E-state index in [1.807, 2.05) is 62.4 Å². The van der Waals surface area contributed by atoms with E-state index in [4.69, 9.17) is 11.6 Å². The molecule has 0 bridgehead atoms. The summed E-state index contributed by atoms with van der Waals surface area (Å²) in [7, 11) is 0. The van der Waals surface area contributed by atoms with Gasteiger partial charge in [-0.15, -0.1) is 0 Å². The highest BCUT2D eigenvalue weighted by Gasteiger charge is 2.14. The van der Waals surface area contributed by atoms with Gasteiger partial charge < -0.3 is 0 Å². The fourth-order valence-corrected chi connectivity index (χ4v) is 2.73. The Morgan fingerprint density at radius 3 is 2.29 bits per heavy atom. The predicted octanol–water partition coefficient (Wildman–Crippen LogP) is 5.34. The number of hydrogen-bond acceptors (Lipinski definition) is 1. The van der Waals surface area contributed by atoms with Crippen LogP contribution in [0.15, 0.2) is 54.6 Å². The molecule has 0 aliphatic heterocycles. The van der Waals surface area contributed by atoms with Crippen molar-refractivity contribution in [3.8, 4) is 0 Å². The molecule has 0 radical (unpaired) electrons. The molecule has 0 spiro atoms. The molecular formula is C19H15ClO. The lowest BCUT2D eigenvalue weighted by molar-refractivity contribution is 0.104. The molecular weight excluding hydrogens is 280 g/mol. The van der Waals surface area contributed by atoms with Gasteiger partial charge in [-0.25, -0.2) is 0 Å². The minimum Gasteiger partial charge on any atom is -0.289 e. The average molecular weight is 295 g/mol. The van der Waals surface area contributed by atoms with Gasteiger partial charge >= 0.3 is 0 Å². The maximum absolute atomic E-state index is 12.8. The number of carbonyl (C=O) groups excluding carboxylic acids is 1. The Balaban J connectivity index is 2.18. The van der Waals surface area contributed by atoms with E-state index in [-0.39, 0.29) is 5.78 Å². The Morgan fingerprint density at radius 2 is 1.57 bits per heavy atom. The lowest BCUT2D eigenvalue weighted by Crippen LogP contribution is -2.03. The van der Waals surface area contributed by atoms with Crippen LogP contribution in [0.25, 0.3) is 10.8 Å². The summed E-state index contributed by atoms with van der Waals surface area (Å²) in [5, 5.41) is 2.48. The third kappa shape index (κ3) is 2.45. The van der Waals surface area contributed by atoms with Gasteiger partial charge in [0, 0.05) is 21.5 Å². The topological polar surface area (TPSA) is 17.1 Å². The number of halogens is 1. The SMILES string of the molecule is Cc1ccc(C(=O)c2ccc(Cl)c3ccccc23)cc1C. The molecule has 0 unspecified atom stereocenters. The highest BCUT2D eigenvalue weighted by atomic mass is 35.5. The van der Waals surface area contributed by atoms with Crippen LogP contribution in [-0.2, 0) is 0 Å². The molecule has 1 nitrogen and oxygen atoms in total. The van der Waals surface area contributed by atoms with Crippen LogP contribution < -0.4 is 0 Å². The van der Waals surface area contributed by atoms with E-state index in [0.29, 0.717) is 16.1 Å². The van der Waals surface area contributed by atoms with Gasteiger partial charge in [-0.05, 0) is 48.6 Å². The van der Waals surface area contributed by atoms with Crippen LogP contribution in [0.3, 0.4) is 0 Å². The van der Waals surface area contributed by atoms with Gasteiger partial charge in [0.25, 0.3) is 0 Å². The van der Waals surface area contributed by atoms with Crippen LogP contribution in [0.1, 0.15) is 27.0 Å². The molecule has 0 fully saturated rings. The van der Waals surface area contributed by atoms with E-state index in [1.54, 1.807) is 6.07 Å². The van der Waals surface area contributed by atoms with Gasteiger partial charge in [0.05, 0.1) is 0 Å². The molecule has 2 heteroatoms. The van der Waals surface area contributed by atoms with Crippen molar-refractivity contribution in [2.45, 2.75) is 13.8 Å². The van der Waals surface area contributed by atoms with Gasteiger partial charge in [0.15, 0.2) is 5.78 Å². The standard InChI is InChI=1S/C19H15ClO/c1-12-7-8-14(11-13(12)2)19(21)17-9-10-18(20)16-6-4-3-5-15(16)17/h3-11H,1-2H3. The highest BCUT2D eigenvalue weighted by Crippen LogP contribution is 2.28. The van der Waals surface area contributed by atoms with Crippen LogP contribution in [-0.4, -0.2) is 5.78 Å². The molecule has 104 valence electrons. The molecule has 0 saturated heterocycles. The molecule has 3 aromatic rings. The van der Waals surface area contributed by atoms with E-state index in [9.17, 15) is 4.79 Å². The number of benzene rings is 3. The zero-order valence-corrected chi connectivity index (χ0v) is 12.7. The van der Waals surface area contributed by atoms with E-state index >= 15 is 0 Å². The number of rotatable bonds is 2. The molecule has 3 rings (SSSR count). The summed E-state index contributed by atoms with van der Waals surface area (Å²) in [6, 6.07) is 17.1. The Kier molecular flexibility index (Phi) is 3.52. The Hall–Kier alpha value is -2.12. The molecule has 0 amide bonds.